The Kier molecular flexibility index (Phi) is 4.99. The van der Waals surface area contributed by atoms with Gasteiger partial charge in [0, 0.05) is 11.9 Å². The molecule has 2 aromatic heterocycles. The average molecular weight is 352 g/mol. The van der Waals surface area contributed by atoms with Crippen LogP contribution in [0.15, 0.2) is 20.6 Å². The Hall–Kier alpha value is 0.0600. The molecule has 0 radical (unpaired) electrons. The molecule has 17 heavy (non-hydrogen) atoms. The van der Waals surface area contributed by atoms with Crippen LogP contribution >= 0.6 is 50.2 Å². The highest BCUT2D eigenvalue weighted by Crippen LogP contribution is 2.22. The second-order valence-corrected chi connectivity index (χ2v) is 7.30. The molecule has 0 aromatic carbocycles. The lowest BCUT2D eigenvalue weighted by molar-refractivity contribution is 0.319. The molecule has 0 fully saturated rings. The molecule has 0 aliphatic heterocycles. The molecular formula is C11H12BrClN2S2. The largest absolute Gasteiger partial charge is 0.295 e. The van der Waals surface area contributed by atoms with E-state index in [1.165, 1.54) is 9.35 Å². The van der Waals surface area contributed by atoms with Crippen molar-refractivity contribution in [3.05, 3.63) is 36.9 Å². The predicted octanol–water partition coefficient (Wildman–Crippen LogP) is 4.34. The summed E-state index contributed by atoms with van der Waals surface area (Å²) in [5.74, 6) is 0.498. The molecule has 0 N–H and O–H groups in total. The third kappa shape index (κ3) is 4.03. The number of nitrogens with zero attached hydrogens (tertiary/aromatic N) is 2. The van der Waals surface area contributed by atoms with Crippen LogP contribution < -0.4 is 0 Å². The van der Waals surface area contributed by atoms with Crippen molar-refractivity contribution in [2.24, 2.45) is 0 Å². The molecule has 92 valence electrons. The summed E-state index contributed by atoms with van der Waals surface area (Å²) in [5.41, 5.74) is 2.30. The van der Waals surface area contributed by atoms with Gasteiger partial charge in [0.25, 0.3) is 0 Å². The maximum absolute atomic E-state index is 5.74. The fourth-order valence-corrected chi connectivity index (χ4v) is 3.81. The first-order valence-corrected chi connectivity index (χ1v) is 8.16. The second kappa shape index (κ2) is 6.29. The van der Waals surface area contributed by atoms with Crippen molar-refractivity contribution in [1.82, 2.24) is 9.88 Å². The van der Waals surface area contributed by atoms with Crippen LogP contribution in [-0.2, 0) is 19.0 Å². The molecule has 0 amide bonds. The maximum Gasteiger partial charge on any atom is 0.107 e. The van der Waals surface area contributed by atoms with Gasteiger partial charge in [-0.05, 0) is 40.0 Å². The minimum atomic E-state index is 0.498. The molecule has 2 nitrogen and oxygen atoms in total. The Morgan fingerprint density at radius 1 is 1.35 bits per heavy atom. The summed E-state index contributed by atoms with van der Waals surface area (Å²) in [6, 6.07) is 2.16. The van der Waals surface area contributed by atoms with E-state index in [1.807, 2.05) is 5.38 Å². The van der Waals surface area contributed by atoms with E-state index in [0.29, 0.717) is 5.88 Å². The van der Waals surface area contributed by atoms with Gasteiger partial charge < -0.3 is 0 Å². The van der Waals surface area contributed by atoms with Gasteiger partial charge in [0.15, 0.2) is 0 Å². The first-order valence-electron chi connectivity index (χ1n) is 5.08. The number of thiophene rings is 1. The highest BCUT2D eigenvalue weighted by atomic mass is 79.9. The lowest BCUT2D eigenvalue weighted by atomic mass is 10.3. The summed E-state index contributed by atoms with van der Waals surface area (Å²) in [7, 11) is 2.10. The van der Waals surface area contributed by atoms with Crippen molar-refractivity contribution >= 4 is 50.2 Å². The number of hydrogen-bond donors (Lipinski definition) is 0. The van der Waals surface area contributed by atoms with Crippen LogP contribution in [0.25, 0.3) is 0 Å². The Bertz CT molecular complexity index is 483. The van der Waals surface area contributed by atoms with Gasteiger partial charge in [-0.15, -0.1) is 34.3 Å². The SMILES string of the molecule is CN(Cc1csc(Br)c1)Cc1nc(CCl)cs1. The van der Waals surface area contributed by atoms with E-state index in [0.717, 1.165) is 23.8 Å². The monoisotopic (exact) mass is 350 g/mol. The number of halogens is 2. The van der Waals surface area contributed by atoms with Crippen LogP contribution in [0.2, 0.25) is 0 Å². The van der Waals surface area contributed by atoms with Crippen LogP contribution in [0.3, 0.4) is 0 Å². The van der Waals surface area contributed by atoms with Gasteiger partial charge in [-0.25, -0.2) is 4.98 Å². The van der Waals surface area contributed by atoms with E-state index < -0.39 is 0 Å². The molecular weight excluding hydrogens is 340 g/mol. The number of alkyl halides is 1. The van der Waals surface area contributed by atoms with Crippen LogP contribution in [0.4, 0.5) is 0 Å². The van der Waals surface area contributed by atoms with Crippen molar-refractivity contribution in [2.75, 3.05) is 7.05 Å². The summed E-state index contributed by atoms with van der Waals surface area (Å²) in [6.07, 6.45) is 0. The van der Waals surface area contributed by atoms with E-state index >= 15 is 0 Å². The smallest absolute Gasteiger partial charge is 0.107 e. The first kappa shape index (κ1) is 13.5. The van der Waals surface area contributed by atoms with Crippen molar-refractivity contribution in [3.63, 3.8) is 0 Å². The van der Waals surface area contributed by atoms with Crippen LogP contribution in [0, 0.1) is 0 Å². The summed E-state index contributed by atoms with van der Waals surface area (Å²) in [6.45, 7) is 1.81. The van der Waals surface area contributed by atoms with Crippen LogP contribution in [0.1, 0.15) is 16.3 Å². The number of thiazole rings is 1. The summed E-state index contributed by atoms with van der Waals surface area (Å²) in [4.78, 5) is 6.71. The molecule has 0 atom stereocenters. The molecule has 0 aliphatic carbocycles. The molecule has 0 spiro atoms. The minimum absolute atomic E-state index is 0.498. The average Bonchev–Trinajstić information content (AvgIpc) is 2.88. The summed E-state index contributed by atoms with van der Waals surface area (Å²) in [5, 5.41) is 5.32. The van der Waals surface area contributed by atoms with E-state index in [4.69, 9.17) is 11.6 Å². The van der Waals surface area contributed by atoms with Gasteiger partial charge >= 0.3 is 0 Å². The van der Waals surface area contributed by atoms with E-state index in [-0.39, 0.29) is 0 Å². The highest BCUT2D eigenvalue weighted by molar-refractivity contribution is 9.11. The molecule has 0 unspecified atom stereocenters. The van der Waals surface area contributed by atoms with E-state index in [1.54, 1.807) is 22.7 Å². The Balaban J connectivity index is 1.90. The number of aromatic nitrogens is 1. The van der Waals surface area contributed by atoms with E-state index in [2.05, 4.69) is 44.3 Å². The van der Waals surface area contributed by atoms with Crippen LogP contribution in [-0.4, -0.2) is 16.9 Å². The molecule has 0 aliphatic rings. The predicted molar refractivity (Wildman–Crippen MR) is 78.9 cm³/mol. The Labute approximate surface area is 122 Å². The third-order valence-corrected chi connectivity index (χ3v) is 4.93. The quantitative estimate of drug-likeness (QED) is 0.745. The molecule has 6 heteroatoms. The van der Waals surface area contributed by atoms with Crippen molar-refractivity contribution < 1.29 is 0 Å². The summed E-state index contributed by atoms with van der Waals surface area (Å²) >= 11 is 12.6. The zero-order valence-electron chi connectivity index (χ0n) is 9.32. The lowest BCUT2D eigenvalue weighted by Crippen LogP contribution is -2.16. The van der Waals surface area contributed by atoms with Gasteiger partial charge in [-0.3, -0.25) is 4.90 Å². The number of hydrogen-bond acceptors (Lipinski definition) is 4. The Morgan fingerprint density at radius 3 is 2.76 bits per heavy atom. The maximum atomic E-state index is 5.74. The highest BCUT2D eigenvalue weighted by Gasteiger charge is 2.07. The van der Waals surface area contributed by atoms with Gasteiger partial charge in [0.05, 0.1) is 21.9 Å². The second-order valence-electron chi connectivity index (χ2n) is 3.80. The first-order chi connectivity index (χ1) is 8.17. The zero-order valence-corrected chi connectivity index (χ0v) is 13.3. The molecule has 2 rings (SSSR count). The third-order valence-electron chi connectivity index (χ3n) is 2.22. The molecule has 0 saturated heterocycles. The van der Waals surface area contributed by atoms with Gasteiger partial charge in [0.2, 0.25) is 0 Å². The molecule has 0 bridgehead atoms. The Morgan fingerprint density at radius 2 is 2.18 bits per heavy atom. The number of rotatable bonds is 5. The van der Waals surface area contributed by atoms with Crippen molar-refractivity contribution in [2.45, 2.75) is 19.0 Å². The van der Waals surface area contributed by atoms with Crippen molar-refractivity contribution in [1.29, 1.82) is 0 Å². The van der Waals surface area contributed by atoms with Gasteiger partial charge in [-0.2, -0.15) is 0 Å². The molecule has 2 aromatic rings. The van der Waals surface area contributed by atoms with Gasteiger partial charge in [-0.1, -0.05) is 0 Å². The summed E-state index contributed by atoms with van der Waals surface area (Å²) < 4.78 is 1.18. The molecule has 2 heterocycles. The lowest BCUT2D eigenvalue weighted by Gasteiger charge is -2.13. The normalized spacial score (nSPS) is 11.3. The minimum Gasteiger partial charge on any atom is -0.295 e. The topological polar surface area (TPSA) is 16.1 Å². The van der Waals surface area contributed by atoms with Gasteiger partial charge in [0.1, 0.15) is 5.01 Å². The fourth-order valence-electron chi connectivity index (χ4n) is 1.51. The fraction of sp³-hybridized carbons (Fsp3) is 0.364. The zero-order chi connectivity index (χ0) is 12.3. The van der Waals surface area contributed by atoms with E-state index in [9.17, 15) is 0 Å². The molecule has 0 saturated carbocycles. The standard InChI is InChI=1S/C11H12BrClN2S2/c1-15(4-8-2-10(12)16-6-8)5-11-14-9(3-13)7-17-11/h2,6-7H,3-5H2,1H3. The van der Waals surface area contributed by atoms with Crippen LogP contribution in [0.5, 0.6) is 0 Å². The van der Waals surface area contributed by atoms with Crippen molar-refractivity contribution in [3.8, 4) is 0 Å².